The minimum Gasteiger partial charge on any atom is -0.495 e. The molecule has 2 N–H and O–H groups in total. The van der Waals surface area contributed by atoms with Gasteiger partial charge in [0.15, 0.2) is 11.6 Å². The van der Waals surface area contributed by atoms with Gasteiger partial charge in [-0.2, -0.15) is 0 Å². The number of benzene rings is 1. The lowest BCUT2D eigenvalue weighted by Crippen LogP contribution is -1.87. The smallest absolute Gasteiger partial charge is 0.172 e. The molecule has 0 aliphatic carbocycles. The van der Waals surface area contributed by atoms with E-state index in [1.165, 1.54) is 4.70 Å². The second kappa shape index (κ2) is 3.78. The first-order chi connectivity index (χ1) is 8.29. The molecule has 3 rings (SSSR count). The van der Waals surface area contributed by atoms with Crippen molar-refractivity contribution in [1.29, 1.82) is 0 Å². The Morgan fingerprint density at radius 2 is 2.24 bits per heavy atom. The molecule has 17 heavy (non-hydrogen) atoms. The average molecular weight is 246 g/mol. The molecule has 1 aromatic carbocycles. The highest BCUT2D eigenvalue weighted by Gasteiger charge is 2.14. The molecule has 2 aromatic heterocycles. The fourth-order valence-electron chi connectivity index (χ4n) is 1.85. The van der Waals surface area contributed by atoms with Crippen LogP contribution in [-0.2, 0) is 0 Å². The summed E-state index contributed by atoms with van der Waals surface area (Å²) in [6, 6.07) is 7.71. The SMILES string of the molecule is COc1c(-c2cc(N)no2)ccc2sccc12. The van der Waals surface area contributed by atoms with Gasteiger partial charge in [0.25, 0.3) is 0 Å². The van der Waals surface area contributed by atoms with Crippen molar-refractivity contribution < 1.29 is 9.26 Å². The van der Waals surface area contributed by atoms with Crippen molar-refractivity contribution in [3.05, 3.63) is 29.6 Å². The molecule has 3 aromatic rings. The van der Waals surface area contributed by atoms with Gasteiger partial charge in [0.2, 0.25) is 0 Å². The van der Waals surface area contributed by atoms with E-state index in [2.05, 4.69) is 5.16 Å². The van der Waals surface area contributed by atoms with E-state index in [0.29, 0.717) is 11.6 Å². The molecule has 0 aliphatic heterocycles. The second-order valence-electron chi connectivity index (χ2n) is 3.59. The zero-order chi connectivity index (χ0) is 11.8. The molecular formula is C12H10N2O2S. The number of nitrogen functional groups attached to an aromatic ring is 1. The molecule has 0 saturated heterocycles. The summed E-state index contributed by atoms with van der Waals surface area (Å²) in [4.78, 5) is 0. The fourth-order valence-corrected chi connectivity index (χ4v) is 2.63. The molecule has 0 spiro atoms. The maximum atomic E-state index is 5.56. The third-order valence-corrected chi connectivity index (χ3v) is 3.47. The van der Waals surface area contributed by atoms with Crippen LogP contribution in [0.2, 0.25) is 0 Å². The van der Waals surface area contributed by atoms with Gasteiger partial charge in [-0.15, -0.1) is 11.3 Å². The Hall–Kier alpha value is -2.01. The van der Waals surface area contributed by atoms with Gasteiger partial charge in [-0.1, -0.05) is 5.16 Å². The Morgan fingerprint density at radius 3 is 2.94 bits per heavy atom. The number of methoxy groups -OCH3 is 1. The summed E-state index contributed by atoms with van der Waals surface area (Å²) in [5, 5.41) is 6.79. The van der Waals surface area contributed by atoms with E-state index in [1.807, 2.05) is 23.6 Å². The summed E-state index contributed by atoms with van der Waals surface area (Å²) in [6.45, 7) is 0. The molecule has 4 nitrogen and oxygen atoms in total. The van der Waals surface area contributed by atoms with Gasteiger partial charge < -0.3 is 15.0 Å². The molecule has 5 heteroatoms. The fraction of sp³-hybridized carbons (Fsp3) is 0.0833. The molecule has 0 unspecified atom stereocenters. The first-order valence-electron chi connectivity index (χ1n) is 5.06. The standard InChI is InChI=1S/C12H10N2O2S/c1-15-12-7(9-6-11(13)14-16-9)2-3-10-8(12)4-5-17-10/h2-6H,1H3,(H2,13,14). The van der Waals surface area contributed by atoms with Crippen LogP contribution >= 0.6 is 11.3 Å². The van der Waals surface area contributed by atoms with Crippen molar-refractivity contribution in [2.24, 2.45) is 0 Å². The van der Waals surface area contributed by atoms with Crippen molar-refractivity contribution in [1.82, 2.24) is 5.16 Å². The lowest BCUT2D eigenvalue weighted by Gasteiger charge is -2.06. The zero-order valence-corrected chi connectivity index (χ0v) is 9.95. The zero-order valence-electron chi connectivity index (χ0n) is 9.14. The van der Waals surface area contributed by atoms with Crippen LogP contribution in [0, 0.1) is 0 Å². The van der Waals surface area contributed by atoms with Gasteiger partial charge in [0.05, 0.1) is 12.7 Å². The monoisotopic (exact) mass is 246 g/mol. The summed E-state index contributed by atoms with van der Waals surface area (Å²) in [6.07, 6.45) is 0. The average Bonchev–Trinajstić information content (AvgIpc) is 2.95. The van der Waals surface area contributed by atoms with Crippen LogP contribution in [0.4, 0.5) is 5.82 Å². The molecule has 0 bridgehead atoms. The van der Waals surface area contributed by atoms with Crippen molar-refractivity contribution in [2.45, 2.75) is 0 Å². The Labute approximate surface area is 102 Å². The first-order valence-corrected chi connectivity index (χ1v) is 5.94. The number of hydrogen-bond donors (Lipinski definition) is 1. The van der Waals surface area contributed by atoms with E-state index >= 15 is 0 Å². The molecule has 0 fully saturated rings. The number of anilines is 1. The maximum absolute atomic E-state index is 5.56. The van der Waals surface area contributed by atoms with Crippen LogP contribution in [0.25, 0.3) is 21.4 Å². The van der Waals surface area contributed by atoms with Crippen LogP contribution in [0.5, 0.6) is 5.75 Å². The summed E-state index contributed by atoms with van der Waals surface area (Å²) >= 11 is 1.68. The van der Waals surface area contributed by atoms with E-state index in [4.69, 9.17) is 15.0 Å². The van der Waals surface area contributed by atoms with Crippen molar-refractivity contribution in [3.63, 3.8) is 0 Å². The Morgan fingerprint density at radius 1 is 1.35 bits per heavy atom. The van der Waals surface area contributed by atoms with Gasteiger partial charge in [0, 0.05) is 16.2 Å². The molecule has 0 saturated carbocycles. The molecule has 0 amide bonds. The van der Waals surface area contributed by atoms with Crippen LogP contribution in [0.1, 0.15) is 0 Å². The van der Waals surface area contributed by atoms with E-state index in [9.17, 15) is 0 Å². The number of rotatable bonds is 2. The highest BCUT2D eigenvalue weighted by atomic mass is 32.1. The van der Waals surface area contributed by atoms with Gasteiger partial charge in [0.1, 0.15) is 5.75 Å². The summed E-state index contributed by atoms with van der Waals surface area (Å²) < 4.78 is 11.8. The summed E-state index contributed by atoms with van der Waals surface area (Å²) in [5.74, 6) is 1.78. The normalized spacial score (nSPS) is 10.9. The van der Waals surface area contributed by atoms with Gasteiger partial charge in [-0.25, -0.2) is 0 Å². The predicted molar refractivity (Wildman–Crippen MR) is 68.3 cm³/mol. The Bertz CT molecular complexity index is 672. The van der Waals surface area contributed by atoms with Crippen molar-refractivity contribution in [2.75, 3.05) is 12.8 Å². The lowest BCUT2D eigenvalue weighted by atomic mass is 10.1. The summed E-state index contributed by atoms with van der Waals surface area (Å²) in [5.41, 5.74) is 6.42. The molecule has 2 heterocycles. The maximum Gasteiger partial charge on any atom is 0.172 e. The lowest BCUT2D eigenvalue weighted by molar-refractivity contribution is 0.411. The number of nitrogens with two attached hydrogens (primary N) is 1. The van der Waals surface area contributed by atoms with Crippen molar-refractivity contribution in [3.8, 4) is 17.1 Å². The van der Waals surface area contributed by atoms with E-state index in [1.54, 1.807) is 24.5 Å². The Kier molecular flexibility index (Phi) is 2.26. The first kappa shape index (κ1) is 10.2. The summed E-state index contributed by atoms with van der Waals surface area (Å²) in [7, 11) is 1.65. The minimum absolute atomic E-state index is 0.368. The number of thiophene rings is 1. The molecule has 86 valence electrons. The molecule has 0 radical (unpaired) electrons. The second-order valence-corrected chi connectivity index (χ2v) is 4.54. The third-order valence-electron chi connectivity index (χ3n) is 2.58. The van der Waals surface area contributed by atoms with Crippen molar-refractivity contribution >= 4 is 27.2 Å². The molecular weight excluding hydrogens is 236 g/mol. The number of nitrogens with zero attached hydrogens (tertiary/aromatic N) is 1. The van der Waals surface area contributed by atoms with Crippen LogP contribution in [0.3, 0.4) is 0 Å². The van der Waals surface area contributed by atoms with E-state index < -0.39 is 0 Å². The Balaban J connectivity index is 2.28. The van der Waals surface area contributed by atoms with Crippen LogP contribution in [-0.4, -0.2) is 12.3 Å². The van der Waals surface area contributed by atoms with Gasteiger partial charge in [-0.05, 0) is 23.6 Å². The third kappa shape index (κ3) is 1.55. The minimum atomic E-state index is 0.368. The molecule has 0 aliphatic rings. The van der Waals surface area contributed by atoms with E-state index in [0.717, 1.165) is 16.7 Å². The highest BCUT2D eigenvalue weighted by molar-refractivity contribution is 7.17. The predicted octanol–water partition coefficient (Wildman–Crippen LogP) is 3.15. The highest BCUT2D eigenvalue weighted by Crippen LogP contribution is 2.39. The number of hydrogen-bond acceptors (Lipinski definition) is 5. The van der Waals surface area contributed by atoms with Crippen LogP contribution in [0.15, 0.2) is 34.2 Å². The number of ether oxygens (including phenoxy) is 1. The van der Waals surface area contributed by atoms with E-state index in [-0.39, 0.29) is 0 Å². The van der Waals surface area contributed by atoms with Crippen LogP contribution < -0.4 is 10.5 Å². The van der Waals surface area contributed by atoms with Gasteiger partial charge >= 0.3 is 0 Å². The largest absolute Gasteiger partial charge is 0.495 e. The quantitative estimate of drug-likeness (QED) is 0.754. The topological polar surface area (TPSA) is 61.3 Å². The number of fused-ring (bicyclic) bond motifs is 1. The number of aromatic nitrogens is 1. The molecule has 0 atom stereocenters. The van der Waals surface area contributed by atoms with Gasteiger partial charge in [-0.3, -0.25) is 0 Å².